The summed E-state index contributed by atoms with van der Waals surface area (Å²) in [6.45, 7) is 9.36. The van der Waals surface area contributed by atoms with Crippen molar-refractivity contribution in [1.82, 2.24) is 0 Å². The molecule has 0 saturated heterocycles. The number of rotatable bonds is 1. The highest BCUT2D eigenvalue weighted by molar-refractivity contribution is 4.92. The SMILES string of the molecule is CC(C)C1C(C)[C@H]1C. The summed E-state index contributed by atoms with van der Waals surface area (Å²) in [6.07, 6.45) is 0. The quantitative estimate of drug-likeness (QED) is 0.489. The van der Waals surface area contributed by atoms with Gasteiger partial charge in [0.15, 0.2) is 0 Å². The number of hydrogen-bond donors (Lipinski definition) is 0. The predicted molar refractivity (Wildman–Crippen MR) is 36.7 cm³/mol. The molecule has 1 aliphatic rings. The van der Waals surface area contributed by atoms with Gasteiger partial charge in [-0.25, -0.2) is 0 Å². The Kier molecular flexibility index (Phi) is 1.34. The molecule has 3 atom stereocenters. The summed E-state index contributed by atoms with van der Waals surface area (Å²) in [5.41, 5.74) is 0. The lowest BCUT2D eigenvalue weighted by molar-refractivity contribution is 0.514. The van der Waals surface area contributed by atoms with Crippen molar-refractivity contribution in [2.24, 2.45) is 23.7 Å². The molecule has 0 aliphatic heterocycles. The van der Waals surface area contributed by atoms with E-state index in [-0.39, 0.29) is 0 Å². The summed E-state index contributed by atoms with van der Waals surface area (Å²) < 4.78 is 0. The summed E-state index contributed by atoms with van der Waals surface area (Å²) in [4.78, 5) is 0. The molecule has 0 aromatic rings. The van der Waals surface area contributed by atoms with Crippen molar-refractivity contribution in [3.63, 3.8) is 0 Å². The van der Waals surface area contributed by atoms with E-state index in [0.29, 0.717) is 0 Å². The molecule has 1 saturated carbocycles. The van der Waals surface area contributed by atoms with Gasteiger partial charge >= 0.3 is 0 Å². The minimum absolute atomic E-state index is 0.917. The summed E-state index contributed by atoms with van der Waals surface area (Å²) in [5.74, 6) is 3.97. The Morgan fingerprint density at radius 3 is 1.38 bits per heavy atom. The first-order chi connectivity index (χ1) is 3.64. The molecule has 0 heterocycles. The van der Waals surface area contributed by atoms with Crippen LogP contribution in [0.25, 0.3) is 0 Å². The maximum Gasteiger partial charge on any atom is -0.0334 e. The minimum Gasteiger partial charge on any atom is -0.0625 e. The van der Waals surface area contributed by atoms with Crippen LogP contribution in [-0.2, 0) is 0 Å². The molecule has 0 heteroatoms. The maximum atomic E-state index is 2.36. The highest BCUT2D eigenvalue weighted by Gasteiger charge is 2.44. The molecule has 1 fully saturated rings. The third kappa shape index (κ3) is 0.765. The first-order valence-corrected chi connectivity index (χ1v) is 3.64. The molecule has 8 heavy (non-hydrogen) atoms. The molecule has 0 N–H and O–H groups in total. The van der Waals surface area contributed by atoms with Crippen LogP contribution in [0, 0.1) is 23.7 Å². The van der Waals surface area contributed by atoms with Gasteiger partial charge in [0.25, 0.3) is 0 Å². The van der Waals surface area contributed by atoms with Crippen LogP contribution < -0.4 is 0 Å². The van der Waals surface area contributed by atoms with Crippen LogP contribution in [-0.4, -0.2) is 0 Å². The van der Waals surface area contributed by atoms with Crippen molar-refractivity contribution in [3.05, 3.63) is 0 Å². The first-order valence-electron chi connectivity index (χ1n) is 3.64. The molecule has 0 spiro atoms. The van der Waals surface area contributed by atoms with Crippen LogP contribution in [0.2, 0.25) is 0 Å². The molecule has 1 rings (SSSR count). The van der Waals surface area contributed by atoms with Crippen molar-refractivity contribution >= 4 is 0 Å². The molecule has 0 amide bonds. The summed E-state index contributed by atoms with van der Waals surface area (Å²) >= 11 is 0. The van der Waals surface area contributed by atoms with E-state index in [1.807, 2.05) is 0 Å². The van der Waals surface area contributed by atoms with Gasteiger partial charge in [-0.15, -0.1) is 0 Å². The molecular weight excluding hydrogens is 96.1 g/mol. The average molecular weight is 112 g/mol. The van der Waals surface area contributed by atoms with Gasteiger partial charge in [0.2, 0.25) is 0 Å². The van der Waals surface area contributed by atoms with Crippen molar-refractivity contribution in [3.8, 4) is 0 Å². The van der Waals surface area contributed by atoms with E-state index in [2.05, 4.69) is 27.7 Å². The van der Waals surface area contributed by atoms with Crippen LogP contribution in [0.5, 0.6) is 0 Å². The lowest BCUT2D eigenvalue weighted by Gasteiger charge is -1.98. The topological polar surface area (TPSA) is 0 Å². The van der Waals surface area contributed by atoms with Crippen LogP contribution in [0.15, 0.2) is 0 Å². The Balaban J connectivity index is 2.33. The van der Waals surface area contributed by atoms with E-state index in [9.17, 15) is 0 Å². The van der Waals surface area contributed by atoms with E-state index in [1.165, 1.54) is 0 Å². The van der Waals surface area contributed by atoms with Gasteiger partial charge in [-0.05, 0) is 23.7 Å². The van der Waals surface area contributed by atoms with Gasteiger partial charge < -0.3 is 0 Å². The zero-order chi connectivity index (χ0) is 6.31. The Hall–Kier alpha value is 0. The second kappa shape index (κ2) is 1.75. The molecular formula is C8H16. The van der Waals surface area contributed by atoms with Crippen molar-refractivity contribution < 1.29 is 0 Å². The number of hydrogen-bond acceptors (Lipinski definition) is 0. The molecule has 0 nitrogen and oxygen atoms in total. The fourth-order valence-electron chi connectivity index (χ4n) is 1.92. The largest absolute Gasteiger partial charge is 0.0625 e. The fraction of sp³-hybridized carbons (Fsp3) is 1.00. The molecule has 0 aromatic carbocycles. The average Bonchev–Trinajstić information content (AvgIpc) is 2.15. The van der Waals surface area contributed by atoms with Crippen LogP contribution in [0.3, 0.4) is 0 Å². The lowest BCUT2D eigenvalue weighted by Crippen LogP contribution is -1.90. The van der Waals surface area contributed by atoms with E-state index < -0.39 is 0 Å². The molecule has 0 radical (unpaired) electrons. The van der Waals surface area contributed by atoms with E-state index in [1.54, 1.807) is 0 Å². The van der Waals surface area contributed by atoms with Gasteiger partial charge in [-0.1, -0.05) is 27.7 Å². The lowest BCUT2D eigenvalue weighted by atomic mass is 10.1. The maximum absolute atomic E-state index is 2.36. The van der Waals surface area contributed by atoms with Gasteiger partial charge in [0.1, 0.15) is 0 Å². The van der Waals surface area contributed by atoms with Crippen LogP contribution >= 0.6 is 0 Å². The third-order valence-electron chi connectivity index (χ3n) is 2.67. The van der Waals surface area contributed by atoms with Crippen LogP contribution in [0.4, 0.5) is 0 Å². The molecule has 0 aromatic heterocycles. The third-order valence-corrected chi connectivity index (χ3v) is 2.67. The molecule has 2 unspecified atom stereocenters. The first kappa shape index (κ1) is 6.12. The Morgan fingerprint density at radius 2 is 1.38 bits per heavy atom. The normalized spacial score (nSPS) is 45.4. The molecule has 0 bridgehead atoms. The predicted octanol–water partition coefficient (Wildman–Crippen LogP) is 2.54. The highest BCUT2D eigenvalue weighted by Crippen LogP contribution is 2.49. The molecule has 1 aliphatic carbocycles. The van der Waals surface area contributed by atoms with E-state index in [4.69, 9.17) is 0 Å². The van der Waals surface area contributed by atoms with Gasteiger partial charge in [-0.3, -0.25) is 0 Å². The van der Waals surface area contributed by atoms with Gasteiger partial charge in [0.05, 0.1) is 0 Å². The van der Waals surface area contributed by atoms with Crippen molar-refractivity contribution in [2.75, 3.05) is 0 Å². The summed E-state index contributed by atoms with van der Waals surface area (Å²) in [7, 11) is 0. The second-order valence-electron chi connectivity index (χ2n) is 3.54. The van der Waals surface area contributed by atoms with E-state index >= 15 is 0 Å². The van der Waals surface area contributed by atoms with E-state index in [0.717, 1.165) is 23.7 Å². The second-order valence-corrected chi connectivity index (χ2v) is 3.54. The fourth-order valence-corrected chi connectivity index (χ4v) is 1.92. The molecule has 48 valence electrons. The van der Waals surface area contributed by atoms with Gasteiger partial charge in [0, 0.05) is 0 Å². The minimum atomic E-state index is 0.917. The smallest absolute Gasteiger partial charge is 0.0334 e. The van der Waals surface area contributed by atoms with Gasteiger partial charge in [-0.2, -0.15) is 0 Å². The summed E-state index contributed by atoms with van der Waals surface area (Å²) in [5, 5.41) is 0. The van der Waals surface area contributed by atoms with Crippen molar-refractivity contribution in [1.29, 1.82) is 0 Å². The summed E-state index contributed by atoms with van der Waals surface area (Å²) in [6, 6.07) is 0. The zero-order valence-corrected chi connectivity index (χ0v) is 6.31. The zero-order valence-electron chi connectivity index (χ0n) is 6.31. The Bertz CT molecular complexity index is 69.3. The highest BCUT2D eigenvalue weighted by atomic mass is 14.5. The van der Waals surface area contributed by atoms with Crippen molar-refractivity contribution in [2.45, 2.75) is 27.7 Å². The standard InChI is InChI=1S/C8H16/c1-5(2)8-6(3)7(8)4/h5-8H,1-4H3/t6-,7?,8?/m1/s1. The van der Waals surface area contributed by atoms with Crippen LogP contribution in [0.1, 0.15) is 27.7 Å². The monoisotopic (exact) mass is 112 g/mol. The Morgan fingerprint density at radius 1 is 1.00 bits per heavy atom. The Labute approximate surface area is 52.3 Å².